The van der Waals surface area contributed by atoms with E-state index >= 15 is 0 Å². The van der Waals surface area contributed by atoms with E-state index in [9.17, 15) is 5.11 Å². The zero-order valence-electron chi connectivity index (χ0n) is 6.12. The largest absolute Gasteiger partial charge is 0.382 e. The van der Waals surface area contributed by atoms with Crippen LogP contribution in [0.4, 0.5) is 0 Å². The zero-order valence-corrected chi connectivity index (χ0v) is 7.69. The number of hydrogen-bond donors (Lipinski definition) is 1. The van der Waals surface area contributed by atoms with Crippen LogP contribution in [0.25, 0.3) is 0 Å². The fraction of sp³-hybridized carbons (Fsp3) is 0.125. The van der Waals surface area contributed by atoms with Crippen LogP contribution in [0.3, 0.4) is 0 Å². The molecule has 1 aromatic rings. The highest BCUT2D eigenvalue weighted by Crippen LogP contribution is 2.29. The maximum atomic E-state index is 9.43. The van der Waals surface area contributed by atoms with Crippen molar-refractivity contribution < 1.29 is 5.11 Å². The van der Waals surface area contributed by atoms with Crippen molar-refractivity contribution in [3.05, 3.63) is 33.5 Å². The van der Waals surface area contributed by atoms with Gasteiger partial charge in [-0.2, -0.15) is 5.26 Å². The van der Waals surface area contributed by atoms with Crippen molar-refractivity contribution in [1.82, 2.24) is 0 Å². The normalized spacial score (nSPS) is 12.1. The first-order chi connectivity index (χ1) is 5.65. The molecule has 0 fully saturated rings. The van der Waals surface area contributed by atoms with Crippen LogP contribution in [0, 0.1) is 11.3 Å². The number of rotatable bonds is 2. The lowest BCUT2D eigenvalue weighted by Crippen LogP contribution is -1.95. The van der Waals surface area contributed by atoms with E-state index in [1.165, 1.54) is 11.3 Å². The number of nitriles is 1. The molecular formula is C8H6ClNOS. The van der Waals surface area contributed by atoms with Crippen LogP contribution in [-0.2, 0) is 0 Å². The van der Waals surface area contributed by atoms with Crippen molar-refractivity contribution >= 4 is 22.9 Å². The summed E-state index contributed by atoms with van der Waals surface area (Å²) in [5.41, 5.74) is 0.133. The standard InChI is InChI=1S/C8H6ClNOS/c1-5(4-10)8(11)6-2-3-7(9)12-6/h2-3,8,11H,1H2. The lowest BCUT2D eigenvalue weighted by atomic mass is 10.1. The Morgan fingerprint density at radius 1 is 1.75 bits per heavy atom. The Kier molecular flexibility index (Phi) is 2.88. The predicted octanol–water partition coefficient (Wildman–Crippen LogP) is 2.51. The van der Waals surface area contributed by atoms with Gasteiger partial charge >= 0.3 is 0 Å². The maximum absolute atomic E-state index is 9.43. The van der Waals surface area contributed by atoms with Crippen molar-refractivity contribution in [2.24, 2.45) is 0 Å². The van der Waals surface area contributed by atoms with Crippen LogP contribution in [0.5, 0.6) is 0 Å². The van der Waals surface area contributed by atoms with E-state index in [-0.39, 0.29) is 5.57 Å². The van der Waals surface area contributed by atoms with Gasteiger partial charge in [0.05, 0.1) is 16.0 Å². The molecule has 1 N–H and O–H groups in total. The van der Waals surface area contributed by atoms with Crippen molar-refractivity contribution in [2.45, 2.75) is 6.10 Å². The minimum atomic E-state index is -0.910. The highest BCUT2D eigenvalue weighted by atomic mass is 35.5. The molecule has 62 valence electrons. The predicted molar refractivity (Wildman–Crippen MR) is 49.0 cm³/mol. The Hall–Kier alpha value is -0.820. The third-order valence-electron chi connectivity index (χ3n) is 1.34. The number of aliphatic hydroxyl groups excluding tert-OH is 1. The Morgan fingerprint density at radius 3 is 2.83 bits per heavy atom. The van der Waals surface area contributed by atoms with Crippen molar-refractivity contribution in [1.29, 1.82) is 5.26 Å². The summed E-state index contributed by atoms with van der Waals surface area (Å²) >= 11 is 6.89. The van der Waals surface area contributed by atoms with Gasteiger partial charge in [-0.15, -0.1) is 11.3 Å². The fourth-order valence-electron chi connectivity index (χ4n) is 0.708. The van der Waals surface area contributed by atoms with Gasteiger partial charge in [0.25, 0.3) is 0 Å². The molecule has 0 aliphatic carbocycles. The molecule has 2 nitrogen and oxygen atoms in total. The lowest BCUT2D eigenvalue weighted by Gasteiger charge is -2.03. The fourth-order valence-corrected chi connectivity index (χ4v) is 1.79. The van der Waals surface area contributed by atoms with E-state index < -0.39 is 6.10 Å². The number of nitrogens with zero attached hydrogens (tertiary/aromatic N) is 1. The summed E-state index contributed by atoms with van der Waals surface area (Å²) in [4.78, 5) is 0.645. The van der Waals surface area contributed by atoms with Gasteiger partial charge in [0, 0.05) is 4.88 Å². The highest BCUT2D eigenvalue weighted by molar-refractivity contribution is 7.16. The van der Waals surface area contributed by atoms with E-state index in [4.69, 9.17) is 16.9 Å². The molecule has 0 radical (unpaired) electrons. The summed E-state index contributed by atoms with van der Waals surface area (Å²) in [6.07, 6.45) is -0.910. The summed E-state index contributed by atoms with van der Waals surface area (Å²) in [5.74, 6) is 0. The second-order valence-electron chi connectivity index (χ2n) is 2.18. The monoisotopic (exact) mass is 199 g/mol. The summed E-state index contributed by atoms with van der Waals surface area (Å²) in [7, 11) is 0. The smallest absolute Gasteiger partial charge is 0.122 e. The molecule has 1 aromatic heterocycles. The van der Waals surface area contributed by atoms with Crippen LogP contribution in [0.2, 0.25) is 4.34 Å². The van der Waals surface area contributed by atoms with E-state index in [0.29, 0.717) is 9.21 Å². The van der Waals surface area contributed by atoms with Crippen LogP contribution >= 0.6 is 22.9 Å². The molecule has 1 heterocycles. The highest BCUT2D eigenvalue weighted by Gasteiger charge is 2.12. The van der Waals surface area contributed by atoms with Crippen LogP contribution < -0.4 is 0 Å². The van der Waals surface area contributed by atoms with Crippen LogP contribution in [-0.4, -0.2) is 5.11 Å². The maximum Gasteiger partial charge on any atom is 0.122 e. The molecule has 1 atom stereocenters. The first-order valence-corrected chi connectivity index (χ1v) is 4.37. The quantitative estimate of drug-likeness (QED) is 0.744. The third-order valence-corrected chi connectivity index (χ3v) is 2.62. The minimum absolute atomic E-state index is 0.133. The molecule has 1 rings (SSSR count). The third kappa shape index (κ3) is 1.86. The average Bonchev–Trinajstić information content (AvgIpc) is 2.49. The number of halogens is 1. The van der Waals surface area contributed by atoms with Gasteiger partial charge in [-0.25, -0.2) is 0 Å². The molecule has 4 heteroatoms. The number of thiophene rings is 1. The molecule has 1 unspecified atom stereocenters. The second kappa shape index (κ2) is 3.72. The second-order valence-corrected chi connectivity index (χ2v) is 3.93. The van der Waals surface area contributed by atoms with E-state index in [1.54, 1.807) is 18.2 Å². The molecular weight excluding hydrogens is 194 g/mol. The van der Waals surface area contributed by atoms with Crippen molar-refractivity contribution in [3.8, 4) is 6.07 Å². The molecule has 0 aromatic carbocycles. The SMILES string of the molecule is C=C(C#N)C(O)c1ccc(Cl)s1. The summed E-state index contributed by atoms with van der Waals surface area (Å²) in [6.45, 7) is 3.41. The molecule has 12 heavy (non-hydrogen) atoms. The van der Waals surface area contributed by atoms with Crippen molar-refractivity contribution in [3.63, 3.8) is 0 Å². The topological polar surface area (TPSA) is 44.0 Å². The molecule has 0 amide bonds. The van der Waals surface area contributed by atoms with Gasteiger partial charge in [-0.3, -0.25) is 0 Å². The van der Waals surface area contributed by atoms with Gasteiger partial charge in [0.1, 0.15) is 6.10 Å². The Balaban J connectivity index is 2.86. The Labute approximate surface area is 79.3 Å². The van der Waals surface area contributed by atoms with Gasteiger partial charge < -0.3 is 5.11 Å². The zero-order chi connectivity index (χ0) is 9.14. The first kappa shape index (κ1) is 9.27. The number of hydrogen-bond acceptors (Lipinski definition) is 3. The van der Waals surface area contributed by atoms with Gasteiger partial charge in [-0.1, -0.05) is 18.2 Å². The Morgan fingerprint density at radius 2 is 2.42 bits per heavy atom. The van der Waals surface area contributed by atoms with Crippen LogP contribution in [0.1, 0.15) is 11.0 Å². The number of aliphatic hydroxyl groups is 1. The molecule has 0 bridgehead atoms. The Bertz CT molecular complexity index is 339. The van der Waals surface area contributed by atoms with Crippen LogP contribution in [0.15, 0.2) is 24.3 Å². The van der Waals surface area contributed by atoms with E-state index in [0.717, 1.165) is 0 Å². The molecule has 0 aliphatic heterocycles. The van der Waals surface area contributed by atoms with E-state index in [1.807, 2.05) is 0 Å². The van der Waals surface area contributed by atoms with E-state index in [2.05, 4.69) is 6.58 Å². The van der Waals surface area contributed by atoms with Gasteiger partial charge in [0.2, 0.25) is 0 Å². The molecule has 0 saturated carbocycles. The average molecular weight is 200 g/mol. The molecule has 0 aliphatic rings. The first-order valence-electron chi connectivity index (χ1n) is 3.17. The lowest BCUT2D eigenvalue weighted by molar-refractivity contribution is 0.225. The van der Waals surface area contributed by atoms with Crippen molar-refractivity contribution in [2.75, 3.05) is 0 Å². The van der Waals surface area contributed by atoms with Gasteiger partial charge in [0.15, 0.2) is 0 Å². The summed E-state index contributed by atoms with van der Waals surface area (Å²) in [6, 6.07) is 5.15. The molecule has 0 saturated heterocycles. The summed E-state index contributed by atoms with van der Waals surface area (Å²) in [5, 5.41) is 17.9. The molecule has 0 spiro atoms. The summed E-state index contributed by atoms with van der Waals surface area (Å²) < 4.78 is 0.592. The minimum Gasteiger partial charge on any atom is -0.382 e. The van der Waals surface area contributed by atoms with Gasteiger partial charge in [-0.05, 0) is 12.1 Å².